The van der Waals surface area contributed by atoms with Gasteiger partial charge in [0.15, 0.2) is 5.69 Å². The van der Waals surface area contributed by atoms with Crippen molar-refractivity contribution >= 4 is 17.7 Å². The molecule has 0 aliphatic rings. The molecule has 2 aromatic rings. The molecule has 6 heteroatoms. The molecular weight excluding hydrogens is 272 g/mol. The van der Waals surface area contributed by atoms with Crippen molar-refractivity contribution in [3.8, 4) is 0 Å². The number of rotatable bonds is 4. The van der Waals surface area contributed by atoms with Crippen molar-refractivity contribution in [2.24, 2.45) is 0 Å². The molecule has 2 N–H and O–H groups in total. The van der Waals surface area contributed by atoms with Crippen LogP contribution in [0.25, 0.3) is 0 Å². The number of carboxylic acids is 1. The SMILES string of the molecule is Cc1ccnc(C(=O)O)c1NC(=O)OCc1ccccc1. The Morgan fingerprint density at radius 3 is 2.62 bits per heavy atom. The van der Waals surface area contributed by atoms with E-state index in [0.29, 0.717) is 5.56 Å². The van der Waals surface area contributed by atoms with Crippen molar-refractivity contribution < 1.29 is 19.4 Å². The molecule has 1 amide bonds. The third-order valence-electron chi connectivity index (χ3n) is 2.80. The van der Waals surface area contributed by atoms with Crippen LogP contribution in [-0.2, 0) is 11.3 Å². The summed E-state index contributed by atoms with van der Waals surface area (Å²) in [6.45, 7) is 1.79. The Labute approximate surface area is 121 Å². The molecule has 0 fully saturated rings. The third-order valence-corrected chi connectivity index (χ3v) is 2.80. The van der Waals surface area contributed by atoms with E-state index in [-0.39, 0.29) is 18.0 Å². The van der Waals surface area contributed by atoms with E-state index in [1.54, 1.807) is 13.0 Å². The van der Waals surface area contributed by atoms with Crippen LogP contribution >= 0.6 is 0 Å². The maximum absolute atomic E-state index is 11.8. The third kappa shape index (κ3) is 3.79. The molecule has 0 bridgehead atoms. The molecule has 108 valence electrons. The van der Waals surface area contributed by atoms with Crippen LogP contribution in [0.3, 0.4) is 0 Å². The molecule has 0 unspecified atom stereocenters. The molecule has 0 aliphatic heterocycles. The summed E-state index contributed by atoms with van der Waals surface area (Å²) in [5.74, 6) is -1.21. The normalized spacial score (nSPS) is 9.95. The second-order valence-electron chi connectivity index (χ2n) is 4.34. The molecule has 1 aromatic carbocycles. The Kier molecular flexibility index (Phi) is 4.50. The van der Waals surface area contributed by atoms with Gasteiger partial charge in [0.05, 0.1) is 5.69 Å². The van der Waals surface area contributed by atoms with Gasteiger partial charge in [-0.2, -0.15) is 0 Å². The highest BCUT2D eigenvalue weighted by atomic mass is 16.5. The predicted molar refractivity (Wildman–Crippen MR) is 76.2 cm³/mol. The van der Waals surface area contributed by atoms with Crippen LogP contribution in [0, 0.1) is 6.92 Å². The van der Waals surface area contributed by atoms with E-state index >= 15 is 0 Å². The number of aryl methyl sites for hydroxylation is 1. The number of benzene rings is 1. The number of amides is 1. The van der Waals surface area contributed by atoms with E-state index < -0.39 is 12.1 Å². The van der Waals surface area contributed by atoms with Crippen LogP contribution in [0.2, 0.25) is 0 Å². The van der Waals surface area contributed by atoms with Crippen LogP contribution in [0.4, 0.5) is 10.5 Å². The number of anilines is 1. The van der Waals surface area contributed by atoms with E-state index in [1.165, 1.54) is 6.20 Å². The smallest absolute Gasteiger partial charge is 0.412 e. The second kappa shape index (κ2) is 6.51. The Bertz CT molecular complexity index is 656. The second-order valence-corrected chi connectivity index (χ2v) is 4.34. The van der Waals surface area contributed by atoms with E-state index in [4.69, 9.17) is 9.84 Å². The lowest BCUT2D eigenvalue weighted by molar-refractivity contribution is 0.0691. The summed E-state index contributed by atoms with van der Waals surface area (Å²) in [7, 11) is 0. The van der Waals surface area contributed by atoms with Gasteiger partial charge in [-0.15, -0.1) is 0 Å². The van der Waals surface area contributed by atoms with Crippen molar-refractivity contribution in [1.29, 1.82) is 0 Å². The minimum absolute atomic E-state index is 0.106. The first-order valence-electron chi connectivity index (χ1n) is 6.24. The number of nitrogens with one attached hydrogen (secondary N) is 1. The first kappa shape index (κ1) is 14.5. The summed E-state index contributed by atoms with van der Waals surface area (Å²) in [5.41, 5.74) is 1.36. The molecule has 0 saturated carbocycles. The number of nitrogens with zero attached hydrogens (tertiary/aromatic N) is 1. The number of aromatic nitrogens is 1. The lowest BCUT2D eigenvalue weighted by Gasteiger charge is -2.11. The van der Waals surface area contributed by atoms with Gasteiger partial charge in [0, 0.05) is 6.20 Å². The number of carboxylic acid groups (broad SMARTS) is 1. The first-order chi connectivity index (χ1) is 10.1. The van der Waals surface area contributed by atoms with Gasteiger partial charge in [-0.05, 0) is 24.1 Å². The summed E-state index contributed by atoms with van der Waals surface area (Å²) >= 11 is 0. The largest absolute Gasteiger partial charge is 0.476 e. The molecule has 0 spiro atoms. The van der Waals surface area contributed by atoms with Gasteiger partial charge in [0.1, 0.15) is 6.61 Å². The molecular formula is C15H14N2O4. The van der Waals surface area contributed by atoms with Crippen molar-refractivity contribution in [3.63, 3.8) is 0 Å². The number of hydrogen-bond donors (Lipinski definition) is 2. The van der Waals surface area contributed by atoms with Gasteiger partial charge < -0.3 is 9.84 Å². The van der Waals surface area contributed by atoms with Gasteiger partial charge in [-0.25, -0.2) is 14.6 Å². The molecule has 1 aromatic heterocycles. The highest BCUT2D eigenvalue weighted by Gasteiger charge is 2.16. The van der Waals surface area contributed by atoms with Gasteiger partial charge in [0.25, 0.3) is 0 Å². The van der Waals surface area contributed by atoms with Gasteiger partial charge in [0.2, 0.25) is 0 Å². The standard InChI is InChI=1S/C15H14N2O4/c1-10-7-8-16-13(14(18)19)12(10)17-15(20)21-9-11-5-3-2-4-6-11/h2-8H,9H2,1H3,(H,17,20)(H,18,19). The number of carbonyl (C=O) groups excluding carboxylic acids is 1. The molecule has 0 radical (unpaired) electrons. The van der Waals surface area contributed by atoms with Gasteiger partial charge >= 0.3 is 12.1 Å². The van der Waals surface area contributed by atoms with E-state index in [1.807, 2.05) is 30.3 Å². The number of hydrogen-bond acceptors (Lipinski definition) is 4. The van der Waals surface area contributed by atoms with Gasteiger partial charge in [-0.3, -0.25) is 5.32 Å². The maximum atomic E-state index is 11.8. The van der Waals surface area contributed by atoms with Crippen LogP contribution < -0.4 is 5.32 Å². The number of pyridine rings is 1. The fourth-order valence-corrected chi connectivity index (χ4v) is 1.74. The molecule has 2 rings (SSSR count). The molecule has 0 saturated heterocycles. The molecule has 1 heterocycles. The maximum Gasteiger partial charge on any atom is 0.412 e. The zero-order valence-electron chi connectivity index (χ0n) is 11.4. The highest BCUT2D eigenvalue weighted by Crippen LogP contribution is 2.18. The summed E-state index contributed by atoms with van der Waals surface area (Å²) in [6.07, 6.45) is 0.650. The topological polar surface area (TPSA) is 88.5 Å². The zero-order chi connectivity index (χ0) is 15.2. The molecule has 6 nitrogen and oxygen atoms in total. The van der Waals surface area contributed by atoms with Crippen molar-refractivity contribution in [1.82, 2.24) is 4.98 Å². The van der Waals surface area contributed by atoms with Crippen molar-refractivity contribution in [2.75, 3.05) is 5.32 Å². The van der Waals surface area contributed by atoms with Crippen LogP contribution in [0.1, 0.15) is 21.6 Å². The van der Waals surface area contributed by atoms with Crippen molar-refractivity contribution in [2.45, 2.75) is 13.5 Å². The number of ether oxygens (including phenoxy) is 1. The van der Waals surface area contributed by atoms with E-state index in [0.717, 1.165) is 5.56 Å². The highest BCUT2D eigenvalue weighted by molar-refractivity contribution is 5.97. The molecule has 0 atom stereocenters. The minimum atomic E-state index is -1.21. The molecule has 0 aliphatic carbocycles. The number of aromatic carboxylic acids is 1. The average Bonchev–Trinajstić information content (AvgIpc) is 2.48. The quantitative estimate of drug-likeness (QED) is 0.902. The predicted octanol–water partition coefficient (Wildman–Crippen LogP) is 2.84. The fraction of sp³-hybridized carbons (Fsp3) is 0.133. The Morgan fingerprint density at radius 1 is 1.24 bits per heavy atom. The van der Waals surface area contributed by atoms with Crippen molar-refractivity contribution in [3.05, 3.63) is 59.4 Å². The minimum Gasteiger partial charge on any atom is -0.476 e. The van der Waals surface area contributed by atoms with Crippen LogP contribution in [-0.4, -0.2) is 22.2 Å². The van der Waals surface area contributed by atoms with E-state index in [9.17, 15) is 9.59 Å². The lowest BCUT2D eigenvalue weighted by atomic mass is 10.2. The Hall–Kier alpha value is -2.89. The summed E-state index contributed by atoms with van der Waals surface area (Å²) in [6, 6.07) is 10.8. The molecule has 21 heavy (non-hydrogen) atoms. The summed E-state index contributed by atoms with van der Waals surface area (Å²) in [5, 5.41) is 11.5. The van der Waals surface area contributed by atoms with Crippen LogP contribution in [0.15, 0.2) is 42.6 Å². The number of carbonyl (C=O) groups is 2. The average molecular weight is 286 g/mol. The zero-order valence-corrected chi connectivity index (χ0v) is 11.4. The monoisotopic (exact) mass is 286 g/mol. The van der Waals surface area contributed by atoms with Gasteiger partial charge in [-0.1, -0.05) is 30.3 Å². The lowest BCUT2D eigenvalue weighted by Crippen LogP contribution is -2.17. The summed E-state index contributed by atoms with van der Waals surface area (Å²) in [4.78, 5) is 26.6. The Balaban J connectivity index is 2.05. The first-order valence-corrected chi connectivity index (χ1v) is 6.24. The van der Waals surface area contributed by atoms with Crippen LogP contribution in [0.5, 0.6) is 0 Å². The fourth-order valence-electron chi connectivity index (χ4n) is 1.74. The Morgan fingerprint density at radius 2 is 1.95 bits per heavy atom. The van der Waals surface area contributed by atoms with E-state index in [2.05, 4.69) is 10.3 Å². The summed E-state index contributed by atoms with van der Waals surface area (Å²) < 4.78 is 5.05.